The molecule has 0 saturated carbocycles. The van der Waals surface area contributed by atoms with Gasteiger partial charge in [0.25, 0.3) is 5.56 Å². The quantitative estimate of drug-likeness (QED) is 0.172. The smallest absolute Gasteiger partial charge is 0.260 e. The van der Waals surface area contributed by atoms with Crippen LogP contribution in [-0.2, 0) is 4.79 Å². The molecule has 0 aliphatic carbocycles. The molecule has 0 aliphatic rings. The Morgan fingerprint density at radius 3 is 2.48 bits per heavy atom. The maximum Gasteiger partial charge on any atom is 0.260 e. The summed E-state index contributed by atoms with van der Waals surface area (Å²) in [5.74, 6) is 0.393. The number of hydrogen-bond acceptors (Lipinski definition) is 6. The first-order chi connectivity index (χ1) is 15.9. The fourth-order valence-electron chi connectivity index (χ4n) is 3.47. The summed E-state index contributed by atoms with van der Waals surface area (Å²) in [5, 5.41) is 14.8. The Hall–Kier alpha value is -3.10. The van der Waals surface area contributed by atoms with Crippen LogP contribution in [0.4, 0.5) is 5.69 Å². The van der Waals surface area contributed by atoms with Crippen LogP contribution in [0.5, 0.6) is 5.75 Å². The lowest BCUT2D eigenvalue weighted by Gasteiger charge is -2.14. The number of aromatic amines is 1. The van der Waals surface area contributed by atoms with Crippen LogP contribution in [0.3, 0.4) is 0 Å². The fourth-order valence-corrected chi connectivity index (χ4v) is 5.37. The van der Waals surface area contributed by atoms with E-state index in [2.05, 4.69) is 41.3 Å². The highest BCUT2D eigenvalue weighted by Gasteiger charge is 2.21. The molecule has 170 valence electrons. The van der Waals surface area contributed by atoms with Crippen LogP contribution < -0.4 is 10.9 Å². The molecule has 8 heteroatoms. The Labute approximate surface area is 200 Å². The summed E-state index contributed by atoms with van der Waals surface area (Å²) in [5.41, 5.74) is 3.49. The van der Waals surface area contributed by atoms with E-state index < -0.39 is 5.25 Å². The second-order valence-electron chi connectivity index (χ2n) is 8.03. The largest absolute Gasteiger partial charge is 0.508 e. The van der Waals surface area contributed by atoms with E-state index in [1.54, 1.807) is 12.1 Å². The molecule has 4 rings (SSSR count). The van der Waals surface area contributed by atoms with E-state index in [0.29, 0.717) is 33.4 Å². The fraction of sp³-hybridized carbons (Fsp3) is 0.240. The number of thiophene rings is 1. The number of fused-ring (bicyclic) bond motifs is 1. The number of carbonyl (C=O) groups is 1. The van der Waals surface area contributed by atoms with Gasteiger partial charge in [0.15, 0.2) is 5.16 Å². The predicted octanol–water partition coefficient (Wildman–Crippen LogP) is 5.99. The molecule has 0 spiro atoms. The number of phenolic OH excluding ortho intramolecular Hbond substituents is 1. The van der Waals surface area contributed by atoms with Crippen LogP contribution in [-0.4, -0.2) is 26.2 Å². The van der Waals surface area contributed by atoms with Gasteiger partial charge in [-0.1, -0.05) is 56.8 Å². The number of hydrogen-bond donors (Lipinski definition) is 3. The van der Waals surface area contributed by atoms with Gasteiger partial charge in [0.2, 0.25) is 5.91 Å². The number of carbonyl (C=O) groups excluding carboxylic acids is 1. The average molecular weight is 480 g/mol. The minimum absolute atomic E-state index is 0.135. The second-order valence-corrected chi connectivity index (χ2v) is 10.1. The van der Waals surface area contributed by atoms with Crippen LogP contribution in [0.25, 0.3) is 21.3 Å². The summed E-state index contributed by atoms with van der Waals surface area (Å²) in [4.78, 5) is 33.8. The maximum absolute atomic E-state index is 13.0. The first kappa shape index (κ1) is 23.1. The van der Waals surface area contributed by atoms with Gasteiger partial charge in [-0.2, -0.15) is 0 Å². The number of phenols is 1. The summed E-state index contributed by atoms with van der Waals surface area (Å²) >= 11 is 2.66. The van der Waals surface area contributed by atoms with Crippen LogP contribution in [0.15, 0.2) is 63.9 Å². The number of thioether (sulfide) groups is 1. The molecule has 1 atom stereocenters. The molecule has 0 bridgehead atoms. The van der Waals surface area contributed by atoms with Crippen LogP contribution in [0.1, 0.15) is 38.7 Å². The van der Waals surface area contributed by atoms with E-state index in [4.69, 9.17) is 0 Å². The van der Waals surface area contributed by atoms with Gasteiger partial charge in [-0.15, -0.1) is 11.3 Å². The SMILES string of the molecule is CCC(Sc1nc2scc(-c3ccc(C(C)C)cc3)c2c(=O)[nH]1)C(=O)Nc1ccc(O)cc1. The Bertz CT molecular complexity index is 1330. The topological polar surface area (TPSA) is 95.1 Å². The molecular formula is C25H25N3O3S2. The minimum atomic E-state index is -0.428. The Morgan fingerprint density at radius 2 is 1.85 bits per heavy atom. The van der Waals surface area contributed by atoms with Gasteiger partial charge in [0, 0.05) is 16.6 Å². The second kappa shape index (κ2) is 9.80. The molecule has 2 aromatic heterocycles. The molecule has 0 fully saturated rings. The monoisotopic (exact) mass is 479 g/mol. The highest BCUT2D eigenvalue weighted by Crippen LogP contribution is 2.33. The van der Waals surface area contributed by atoms with Crippen molar-refractivity contribution < 1.29 is 9.90 Å². The minimum Gasteiger partial charge on any atom is -0.508 e. The lowest BCUT2D eigenvalue weighted by molar-refractivity contribution is -0.115. The summed E-state index contributed by atoms with van der Waals surface area (Å²) < 4.78 is 0. The third-order valence-corrected chi connectivity index (χ3v) is 7.48. The zero-order chi connectivity index (χ0) is 23.5. The van der Waals surface area contributed by atoms with Gasteiger partial charge in [0.1, 0.15) is 10.6 Å². The number of H-pyrrole nitrogens is 1. The third-order valence-electron chi connectivity index (χ3n) is 5.36. The summed E-state index contributed by atoms with van der Waals surface area (Å²) in [6, 6.07) is 14.6. The van der Waals surface area contributed by atoms with Gasteiger partial charge < -0.3 is 15.4 Å². The maximum atomic E-state index is 13.0. The molecule has 1 amide bonds. The lowest BCUT2D eigenvalue weighted by Crippen LogP contribution is -2.25. The number of nitrogens with one attached hydrogen (secondary N) is 2. The van der Waals surface area contributed by atoms with Crippen molar-refractivity contribution in [3.63, 3.8) is 0 Å². The summed E-state index contributed by atoms with van der Waals surface area (Å²) in [6.45, 7) is 6.21. The Morgan fingerprint density at radius 1 is 1.15 bits per heavy atom. The highest BCUT2D eigenvalue weighted by molar-refractivity contribution is 8.00. The van der Waals surface area contributed by atoms with E-state index >= 15 is 0 Å². The first-order valence-corrected chi connectivity index (χ1v) is 12.5. The molecule has 2 aromatic carbocycles. The molecule has 1 unspecified atom stereocenters. The molecule has 0 radical (unpaired) electrons. The van der Waals surface area contributed by atoms with Crippen molar-refractivity contribution in [1.82, 2.24) is 9.97 Å². The van der Waals surface area contributed by atoms with Crippen LogP contribution in [0.2, 0.25) is 0 Å². The number of rotatable bonds is 7. The van der Waals surface area contributed by atoms with Gasteiger partial charge in [-0.25, -0.2) is 4.98 Å². The van der Waals surface area contributed by atoms with Crippen molar-refractivity contribution >= 4 is 44.9 Å². The molecule has 33 heavy (non-hydrogen) atoms. The number of amides is 1. The lowest BCUT2D eigenvalue weighted by atomic mass is 9.99. The molecule has 2 heterocycles. The number of nitrogens with zero attached hydrogens (tertiary/aromatic N) is 1. The first-order valence-electron chi connectivity index (χ1n) is 10.7. The van der Waals surface area contributed by atoms with E-state index in [-0.39, 0.29) is 17.2 Å². The Balaban J connectivity index is 1.56. The zero-order valence-electron chi connectivity index (χ0n) is 18.6. The van der Waals surface area contributed by atoms with Gasteiger partial charge >= 0.3 is 0 Å². The standard InChI is InChI=1S/C25H25N3O3S2/c1-4-20(22(30)26-17-9-11-18(29)12-10-17)33-25-27-23(31)21-19(13-32-24(21)28-25)16-7-5-15(6-8-16)14(2)3/h5-14,20,29H,4H2,1-3H3,(H,26,30)(H,27,28,31). The third kappa shape index (κ3) is 5.12. The van der Waals surface area contributed by atoms with Crippen LogP contribution in [0, 0.1) is 0 Å². The summed E-state index contributed by atoms with van der Waals surface area (Å²) in [7, 11) is 0. The van der Waals surface area contributed by atoms with Crippen molar-refractivity contribution in [3.8, 4) is 16.9 Å². The van der Waals surface area contributed by atoms with Gasteiger partial charge in [-0.3, -0.25) is 9.59 Å². The highest BCUT2D eigenvalue weighted by atomic mass is 32.2. The number of anilines is 1. The molecular weight excluding hydrogens is 454 g/mol. The van der Waals surface area contributed by atoms with Crippen molar-refractivity contribution in [1.29, 1.82) is 0 Å². The van der Waals surface area contributed by atoms with Crippen molar-refractivity contribution in [2.45, 2.75) is 43.5 Å². The van der Waals surface area contributed by atoms with Crippen molar-refractivity contribution in [2.24, 2.45) is 0 Å². The number of aromatic hydroxyl groups is 1. The van der Waals surface area contributed by atoms with E-state index in [1.165, 1.54) is 40.8 Å². The molecule has 0 aliphatic heterocycles. The molecule has 0 saturated heterocycles. The van der Waals surface area contributed by atoms with Gasteiger partial charge in [0.05, 0.1) is 10.6 Å². The molecule has 3 N–H and O–H groups in total. The normalized spacial score (nSPS) is 12.2. The number of aromatic nitrogens is 2. The predicted molar refractivity (Wildman–Crippen MR) is 136 cm³/mol. The van der Waals surface area contributed by atoms with Crippen LogP contribution >= 0.6 is 23.1 Å². The van der Waals surface area contributed by atoms with Crippen molar-refractivity contribution in [2.75, 3.05) is 5.32 Å². The van der Waals surface area contributed by atoms with Gasteiger partial charge in [-0.05, 0) is 47.7 Å². The number of benzene rings is 2. The Kier molecular flexibility index (Phi) is 6.85. The van der Waals surface area contributed by atoms with E-state index in [0.717, 1.165) is 11.1 Å². The van der Waals surface area contributed by atoms with Crippen molar-refractivity contribution in [3.05, 3.63) is 69.8 Å². The molecule has 6 nitrogen and oxygen atoms in total. The summed E-state index contributed by atoms with van der Waals surface area (Å²) in [6.07, 6.45) is 0.564. The average Bonchev–Trinajstić information content (AvgIpc) is 3.23. The molecule has 4 aromatic rings. The van der Waals surface area contributed by atoms with E-state index in [1.807, 2.05) is 24.4 Å². The zero-order valence-corrected chi connectivity index (χ0v) is 20.2. The van der Waals surface area contributed by atoms with E-state index in [9.17, 15) is 14.7 Å².